The number of amides is 1. The predicted octanol–water partition coefficient (Wildman–Crippen LogP) is 1.01. The third kappa shape index (κ3) is 3.96. The number of likely N-dealkylation sites (N-methyl/N-ethyl adjacent to an activating group) is 1. The molecule has 0 bridgehead atoms. The standard InChI is InChI=1S/C17H27N3O3S/c1-13-10-14(2)17(15(3)11-13)24(22,23)20-8-6-19(7-9-20)12-16(21)18(4)5/h10-11H,6-9,12H2,1-5H3. The molecule has 6 nitrogen and oxygen atoms in total. The number of carbonyl (C=O) groups excluding carboxylic acids is 1. The summed E-state index contributed by atoms with van der Waals surface area (Å²) in [7, 11) is -0.0407. The van der Waals surface area contributed by atoms with Gasteiger partial charge in [0.15, 0.2) is 0 Å². The molecule has 1 aromatic carbocycles. The summed E-state index contributed by atoms with van der Waals surface area (Å²) >= 11 is 0. The molecule has 0 spiro atoms. The highest BCUT2D eigenvalue weighted by Gasteiger charge is 2.31. The zero-order chi connectivity index (χ0) is 18.1. The molecule has 0 saturated carbocycles. The van der Waals surface area contributed by atoms with E-state index >= 15 is 0 Å². The van der Waals surface area contributed by atoms with Crippen LogP contribution in [0.15, 0.2) is 17.0 Å². The zero-order valence-corrected chi connectivity index (χ0v) is 16.0. The molecule has 0 aromatic heterocycles. The summed E-state index contributed by atoms with van der Waals surface area (Å²) in [6.07, 6.45) is 0. The molecule has 0 radical (unpaired) electrons. The normalized spacial score (nSPS) is 17.0. The molecule has 0 aliphatic carbocycles. The van der Waals surface area contributed by atoms with Gasteiger partial charge >= 0.3 is 0 Å². The van der Waals surface area contributed by atoms with Gasteiger partial charge in [0.05, 0.1) is 11.4 Å². The Kier molecular flexibility index (Phi) is 5.67. The molecule has 0 N–H and O–H groups in total. The highest BCUT2D eigenvalue weighted by molar-refractivity contribution is 7.89. The predicted molar refractivity (Wildman–Crippen MR) is 94.5 cm³/mol. The Bertz CT molecular complexity index is 698. The van der Waals surface area contributed by atoms with E-state index in [4.69, 9.17) is 0 Å². The molecule has 1 amide bonds. The molecule has 1 aliphatic heterocycles. The van der Waals surface area contributed by atoms with Crippen molar-refractivity contribution < 1.29 is 13.2 Å². The lowest BCUT2D eigenvalue weighted by Crippen LogP contribution is -2.51. The summed E-state index contributed by atoms with van der Waals surface area (Å²) in [5.74, 6) is 0.0385. The minimum absolute atomic E-state index is 0.0385. The number of benzene rings is 1. The van der Waals surface area contributed by atoms with Crippen molar-refractivity contribution in [1.82, 2.24) is 14.1 Å². The van der Waals surface area contributed by atoms with Crippen LogP contribution < -0.4 is 0 Å². The van der Waals surface area contributed by atoms with E-state index in [1.54, 1.807) is 19.0 Å². The number of hydrogen-bond donors (Lipinski definition) is 0. The van der Waals surface area contributed by atoms with Gasteiger partial charge in [0.1, 0.15) is 0 Å². The van der Waals surface area contributed by atoms with E-state index in [0.29, 0.717) is 37.6 Å². The van der Waals surface area contributed by atoms with Crippen molar-refractivity contribution in [3.8, 4) is 0 Å². The number of aryl methyl sites for hydroxylation is 3. The van der Waals surface area contributed by atoms with Gasteiger partial charge < -0.3 is 4.90 Å². The van der Waals surface area contributed by atoms with Crippen LogP contribution in [0.5, 0.6) is 0 Å². The quantitative estimate of drug-likeness (QED) is 0.810. The molecule has 1 saturated heterocycles. The van der Waals surface area contributed by atoms with Gasteiger partial charge in [-0.05, 0) is 31.9 Å². The van der Waals surface area contributed by atoms with E-state index in [2.05, 4.69) is 0 Å². The summed E-state index contributed by atoms with van der Waals surface area (Å²) in [4.78, 5) is 15.8. The fourth-order valence-electron chi connectivity index (χ4n) is 3.16. The number of carbonyl (C=O) groups is 1. The van der Waals surface area contributed by atoms with E-state index in [0.717, 1.165) is 16.7 Å². The largest absolute Gasteiger partial charge is 0.348 e. The molecule has 0 unspecified atom stereocenters. The number of rotatable bonds is 4. The molecule has 1 aromatic rings. The Labute approximate surface area is 145 Å². The Morgan fingerprint density at radius 3 is 2.00 bits per heavy atom. The van der Waals surface area contributed by atoms with Crippen molar-refractivity contribution in [2.24, 2.45) is 0 Å². The summed E-state index contributed by atoms with van der Waals surface area (Å²) < 4.78 is 27.6. The van der Waals surface area contributed by atoms with Gasteiger partial charge in [-0.3, -0.25) is 9.69 Å². The Morgan fingerprint density at radius 1 is 1.04 bits per heavy atom. The maximum atomic E-state index is 13.0. The summed E-state index contributed by atoms with van der Waals surface area (Å²) in [6, 6.07) is 3.82. The lowest BCUT2D eigenvalue weighted by molar-refractivity contribution is -0.130. The second kappa shape index (κ2) is 7.21. The average molecular weight is 353 g/mol. The van der Waals surface area contributed by atoms with Crippen molar-refractivity contribution in [2.75, 3.05) is 46.8 Å². The first-order valence-electron chi connectivity index (χ1n) is 8.13. The zero-order valence-electron chi connectivity index (χ0n) is 15.2. The molecular formula is C17H27N3O3S. The summed E-state index contributed by atoms with van der Waals surface area (Å²) in [5.41, 5.74) is 2.64. The van der Waals surface area contributed by atoms with E-state index in [1.807, 2.05) is 37.8 Å². The number of sulfonamides is 1. The van der Waals surface area contributed by atoms with Gasteiger partial charge in [-0.1, -0.05) is 17.7 Å². The van der Waals surface area contributed by atoms with Crippen LogP contribution in [0.2, 0.25) is 0 Å². The second-order valence-electron chi connectivity index (χ2n) is 6.70. The topological polar surface area (TPSA) is 60.9 Å². The van der Waals surface area contributed by atoms with Crippen LogP contribution in [0.4, 0.5) is 0 Å². The van der Waals surface area contributed by atoms with E-state index in [1.165, 1.54) is 4.31 Å². The monoisotopic (exact) mass is 353 g/mol. The fraction of sp³-hybridized carbons (Fsp3) is 0.588. The first-order valence-corrected chi connectivity index (χ1v) is 9.57. The Hall–Kier alpha value is -1.44. The number of hydrogen-bond acceptors (Lipinski definition) is 4. The lowest BCUT2D eigenvalue weighted by atomic mass is 10.1. The van der Waals surface area contributed by atoms with Crippen LogP contribution in [0.25, 0.3) is 0 Å². The van der Waals surface area contributed by atoms with Crippen LogP contribution in [0.3, 0.4) is 0 Å². The van der Waals surface area contributed by atoms with Crippen LogP contribution in [0.1, 0.15) is 16.7 Å². The molecule has 24 heavy (non-hydrogen) atoms. The van der Waals surface area contributed by atoms with E-state index in [-0.39, 0.29) is 5.91 Å². The minimum Gasteiger partial charge on any atom is -0.348 e. The maximum absolute atomic E-state index is 13.0. The third-order valence-corrected chi connectivity index (χ3v) is 6.60. The second-order valence-corrected chi connectivity index (χ2v) is 8.57. The van der Waals surface area contributed by atoms with Crippen molar-refractivity contribution >= 4 is 15.9 Å². The fourth-order valence-corrected chi connectivity index (χ4v) is 5.00. The molecule has 0 atom stereocenters. The van der Waals surface area contributed by atoms with Gasteiger partial charge in [0, 0.05) is 40.3 Å². The van der Waals surface area contributed by atoms with E-state index in [9.17, 15) is 13.2 Å². The summed E-state index contributed by atoms with van der Waals surface area (Å²) in [6.45, 7) is 7.97. The van der Waals surface area contributed by atoms with Crippen molar-refractivity contribution in [3.05, 3.63) is 28.8 Å². The molecule has 1 aliphatic rings. The van der Waals surface area contributed by atoms with Crippen LogP contribution >= 0.6 is 0 Å². The smallest absolute Gasteiger partial charge is 0.243 e. The maximum Gasteiger partial charge on any atom is 0.243 e. The van der Waals surface area contributed by atoms with Gasteiger partial charge in [-0.15, -0.1) is 0 Å². The van der Waals surface area contributed by atoms with Gasteiger partial charge in [-0.25, -0.2) is 8.42 Å². The Morgan fingerprint density at radius 2 is 1.54 bits per heavy atom. The first-order chi connectivity index (χ1) is 11.1. The van der Waals surface area contributed by atoms with Crippen molar-refractivity contribution in [1.29, 1.82) is 0 Å². The first kappa shape index (κ1) is 18.9. The van der Waals surface area contributed by atoms with Crippen LogP contribution in [-0.2, 0) is 14.8 Å². The van der Waals surface area contributed by atoms with E-state index < -0.39 is 10.0 Å². The molecule has 2 rings (SSSR count). The van der Waals surface area contributed by atoms with Crippen LogP contribution in [0, 0.1) is 20.8 Å². The van der Waals surface area contributed by atoms with Crippen molar-refractivity contribution in [2.45, 2.75) is 25.7 Å². The average Bonchev–Trinajstić information content (AvgIpc) is 2.46. The molecule has 134 valence electrons. The molecular weight excluding hydrogens is 326 g/mol. The highest BCUT2D eigenvalue weighted by Crippen LogP contribution is 2.26. The molecule has 1 heterocycles. The summed E-state index contributed by atoms with van der Waals surface area (Å²) in [5, 5.41) is 0. The van der Waals surface area contributed by atoms with Gasteiger partial charge in [0.2, 0.25) is 15.9 Å². The minimum atomic E-state index is -3.50. The third-order valence-electron chi connectivity index (χ3n) is 4.39. The van der Waals surface area contributed by atoms with Gasteiger partial charge in [-0.2, -0.15) is 4.31 Å². The Balaban J connectivity index is 2.12. The van der Waals surface area contributed by atoms with Gasteiger partial charge in [0.25, 0.3) is 0 Å². The molecule has 7 heteroatoms. The SMILES string of the molecule is Cc1cc(C)c(S(=O)(=O)N2CCN(CC(=O)N(C)C)CC2)c(C)c1. The number of piperazine rings is 1. The highest BCUT2D eigenvalue weighted by atomic mass is 32.2. The van der Waals surface area contributed by atoms with Crippen molar-refractivity contribution in [3.63, 3.8) is 0 Å². The number of nitrogens with zero attached hydrogens (tertiary/aromatic N) is 3. The van der Waals surface area contributed by atoms with Crippen LogP contribution in [-0.4, -0.2) is 75.2 Å². The molecule has 1 fully saturated rings. The lowest BCUT2D eigenvalue weighted by Gasteiger charge is -2.34.